The van der Waals surface area contributed by atoms with Crippen LogP contribution in [0.5, 0.6) is 0 Å². The van der Waals surface area contributed by atoms with Crippen LogP contribution in [0.1, 0.15) is 40.5 Å². The lowest BCUT2D eigenvalue weighted by Crippen LogP contribution is -2.41. The molecule has 2 rings (SSSR count). The third-order valence-electron chi connectivity index (χ3n) is 4.96. The highest BCUT2D eigenvalue weighted by Gasteiger charge is 2.55. The average Bonchev–Trinajstić information content (AvgIpc) is 2.89. The average molecular weight is 283 g/mol. The van der Waals surface area contributed by atoms with Crippen molar-refractivity contribution in [2.24, 2.45) is 5.92 Å². The van der Waals surface area contributed by atoms with E-state index in [9.17, 15) is 4.79 Å². The highest BCUT2D eigenvalue weighted by atomic mass is 16.7. The zero-order valence-electron chi connectivity index (χ0n) is 13.2. The summed E-state index contributed by atoms with van der Waals surface area (Å²) in [4.78, 5) is 11.3. The molecule has 2 aliphatic heterocycles. The number of carbonyl (C=O) groups excluding carboxylic acids is 1. The molecule has 20 heavy (non-hydrogen) atoms. The van der Waals surface area contributed by atoms with E-state index in [2.05, 4.69) is 33.0 Å². The lowest BCUT2D eigenvalue weighted by Gasteiger charge is -2.32. The molecule has 5 nitrogen and oxygen atoms in total. The molecule has 0 aromatic carbocycles. The Hall–Kier alpha value is -0.585. The standard InChI is InChI=1S/C14H26BNO4/c1-13(2)14(3,4)20-15(19-13)11-9-16-8-10(11)6-7-12(17)18-5/h10-11,16H,6-9H2,1-5H3/t10-,11-/m1/s1. The van der Waals surface area contributed by atoms with E-state index in [1.807, 2.05) is 0 Å². The molecule has 2 heterocycles. The first-order valence-corrected chi connectivity index (χ1v) is 7.40. The van der Waals surface area contributed by atoms with Crippen LogP contribution >= 0.6 is 0 Å². The summed E-state index contributed by atoms with van der Waals surface area (Å²) in [5.74, 6) is 0.536. The predicted molar refractivity (Wildman–Crippen MR) is 77.4 cm³/mol. The third kappa shape index (κ3) is 3.02. The molecule has 2 fully saturated rings. The first-order valence-electron chi connectivity index (χ1n) is 7.40. The molecule has 0 aliphatic carbocycles. The van der Waals surface area contributed by atoms with Gasteiger partial charge in [0.2, 0.25) is 0 Å². The molecular weight excluding hydrogens is 257 g/mol. The number of hydrogen-bond donors (Lipinski definition) is 1. The lowest BCUT2D eigenvalue weighted by atomic mass is 9.65. The van der Waals surface area contributed by atoms with Crippen molar-refractivity contribution in [3.05, 3.63) is 0 Å². The van der Waals surface area contributed by atoms with E-state index >= 15 is 0 Å². The van der Waals surface area contributed by atoms with Crippen molar-refractivity contribution in [1.82, 2.24) is 5.32 Å². The van der Waals surface area contributed by atoms with Crippen LogP contribution in [0.25, 0.3) is 0 Å². The summed E-state index contributed by atoms with van der Waals surface area (Å²) in [5.41, 5.74) is -0.597. The van der Waals surface area contributed by atoms with Crippen molar-refractivity contribution in [3.63, 3.8) is 0 Å². The number of nitrogens with one attached hydrogen (secondary N) is 1. The van der Waals surface area contributed by atoms with Crippen molar-refractivity contribution in [1.29, 1.82) is 0 Å². The van der Waals surface area contributed by atoms with Crippen LogP contribution in [0.15, 0.2) is 0 Å². The second kappa shape index (κ2) is 5.66. The van der Waals surface area contributed by atoms with Gasteiger partial charge in [0.15, 0.2) is 0 Å². The number of rotatable bonds is 4. The molecule has 0 amide bonds. The minimum Gasteiger partial charge on any atom is -0.469 e. The van der Waals surface area contributed by atoms with Crippen molar-refractivity contribution < 1.29 is 18.8 Å². The number of methoxy groups -OCH3 is 1. The van der Waals surface area contributed by atoms with Gasteiger partial charge in [-0.05, 0) is 53.1 Å². The fourth-order valence-corrected chi connectivity index (χ4v) is 2.86. The molecule has 0 bridgehead atoms. The molecule has 0 radical (unpaired) electrons. The monoisotopic (exact) mass is 283 g/mol. The minimum absolute atomic E-state index is 0.149. The van der Waals surface area contributed by atoms with Gasteiger partial charge >= 0.3 is 13.1 Å². The van der Waals surface area contributed by atoms with Gasteiger partial charge in [0.05, 0.1) is 18.3 Å². The van der Waals surface area contributed by atoms with Crippen LogP contribution in [0.4, 0.5) is 0 Å². The maximum absolute atomic E-state index is 11.3. The Morgan fingerprint density at radius 2 is 1.85 bits per heavy atom. The van der Waals surface area contributed by atoms with Gasteiger partial charge in [-0.2, -0.15) is 0 Å². The summed E-state index contributed by atoms with van der Waals surface area (Å²) < 4.78 is 17.0. The zero-order chi connectivity index (χ0) is 15.0. The van der Waals surface area contributed by atoms with Gasteiger partial charge in [0.1, 0.15) is 0 Å². The smallest absolute Gasteiger partial charge is 0.462 e. The van der Waals surface area contributed by atoms with Crippen LogP contribution in [0.2, 0.25) is 5.82 Å². The SMILES string of the molecule is COC(=O)CC[C@@H]1CNC[C@H]1B1OC(C)(C)C(C)(C)O1. The molecule has 6 heteroatoms. The minimum atomic E-state index is -0.298. The van der Waals surface area contributed by atoms with E-state index in [4.69, 9.17) is 14.0 Å². The van der Waals surface area contributed by atoms with Gasteiger partial charge < -0.3 is 19.4 Å². The van der Waals surface area contributed by atoms with Gasteiger partial charge in [-0.15, -0.1) is 0 Å². The van der Waals surface area contributed by atoms with Crippen LogP contribution in [-0.2, 0) is 18.8 Å². The molecular formula is C14H26BNO4. The van der Waals surface area contributed by atoms with Gasteiger partial charge in [-0.25, -0.2) is 0 Å². The van der Waals surface area contributed by atoms with Crippen LogP contribution in [0.3, 0.4) is 0 Å². The Morgan fingerprint density at radius 3 is 2.40 bits per heavy atom. The first-order chi connectivity index (χ1) is 9.27. The van der Waals surface area contributed by atoms with Crippen LogP contribution in [-0.4, -0.2) is 44.5 Å². The van der Waals surface area contributed by atoms with Crippen molar-refractivity contribution in [3.8, 4) is 0 Å². The normalized spacial score (nSPS) is 31.6. The highest BCUT2D eigenvalue weighted by molar-refractivity contribution is 6.47. The maximum atomic E-state index is 11.3. The second-order valence-corrected chi connectivity index (χ2v) is 6.82. The summed E-state index contributed by atoms with van der Waals surface area (Å²) in [6, 6.07) is 0. The summed E-state index contributed by atoms with van der Waals surface area (Å²) in [6.07, 6.45) is 1.27. The van der Waals surface area contributed by atoms with E-state index in [1.165, 1.54) is 7.11 Å². The topological polar surface area (TPSA) is 56.8 Å². The lowest BCUT2D eigenvalue weighted by molar-refractivity contribution is -0.140. The third-order valence-corrected chi connectivity index (χ3v) is 4.96. The van der Waals surface area contributed by atoms with Crippen LogP contribution < -0.4 is 5.32 Å². The molecule has 0 saturated carbocycles. The van der Waals surface area contributed by atoms with Gasteiger partial charge in [0, 0.05) is 12.2 Å². The summed E-state index contributed by atoms with van der Waals surface area (Å²) >= 11 is 0. The van der Waals surface area contributed by atoms with Gasteiger partial charge in [-0.3, -0.25) is 4.79 Å². The molecule has 0 unspecified atom stereocenters. The van der Waals surface area contributed by atoms with Crippen molar-refractivity contribution >= 4 is 13.1 Å². The highest BCUT2D eigenvalue weighted by Crippen LogP contribution is 2.43. The van der Waals surface area contributed by atoms with E-state index in [0.717, 1.165) is 19.5 Å². The fourth-order valence-electron chi connectivity index (χ4n) is 2.86. The largest absolute Gasteiger partial charge is 0.469 e. The number of carbonyl (C=O) groups is 1. The summed E-state index contributed by atoms with van der Waals surface area (Å²) in [7, 11) is 1.23. The van der Waals surface area contributed by atoms with E-state index in [0.29, 0.717) is 18.2 Å². The van der Waals surface area contributed by atoms with Crippen LogP contribution in [0, 0.1) is 5.92 Å². The molecule has 2 saturated heterocycles. The Bertz CT molecular complexity index is 356. The Kier molecular flexibility index (Phi) is 4.47. The maximum Gasteiger partial charge on any atom is 0.462 e. The predicted octanol–water partition coefficient (Wildman–Crippen LogP) is 1.62. The van der Waals surface area contributed by atoms with Crippen molar-refractivity contribution in [2.75, 3.05) is 20.2 Å². The van der Waals surface area contributed by atoms with E-state index in [-0.39, 0.29) is 24.3 Å². The van der Waals surface area contributed by atoms with Gasteiger partial charge in [-0.1, -0.05) is 0 Å². The number of ether oxygens (including phenoxy) is 1. The molecule has 1 N–H and O–H groups in total. The Balaban J connectivity index is 1.96. The second-order valence-electron chi connectivity index (χ2n) is 6.82. The van der Waals surface area contributed by atoms with Gasteiger partial charge in [0.25, 0.3) is 0 Å². The summed E-state index contributed by atoms with van der Waals surface area (Å²) in [6.45, 7) is 10.1. The zero-order valence-corrected chi connectivity index (χ0v) is 13.2. The Labute approximate surface area is 121 Å². The summed E-state index contributed by atoms with van der Waals surface area (Å²) in [5, 5.41) is 3.38. The molecule has 2 aliphatic rings. The van der Waals surface area contributed by atoms with Crippen molar-refractivity contribution in [2.45, 2.75) is 57.6 Å². The molecule has 114 valence electrons. The quantitative estimate of drug-likeness (QED) is 0.627. The molecule has 2 atom stereocenters. The molecule has 0 spiro atoms. The Morgan fingerprint density at radius 1 is 1.25 bits per heavy atom. The fraction of sp³-hybridized carbons (Fsp3) is 0.929. The first kappa shape index (κ1) is 15.8. The molecule has 0 aromatic heterocycles. The number of esters is 1. The molecule has 0 aromatic rings. The van der Waals surface area contributed by atoms with E-state index < -0.39 is 0 Å². The van der Waals surface area contributed by atoms with E-state index in [1.54, 1.807) is 0 Å². The number of hydrogen-bond acceptors (Lipinski definition) is 5.